The predicted octanol–water partition coefficient (Wildman–Crippen LogP) is 2.10. The monoisotopic (exact) mass is 218 g/mol. The van der Waals surface area contributed by atoms with E-state index in [2.05, 4.69) is 26.1 Å². The fourth-order valence-electron chi connectivity index (χ4n) is 0.664. The van der Waals surface area contributed by atoms with Crippen molar-refractivity contribution in [1.82, 2.24) is 10.2 Å². The maximum absolute atomic E-state index is 5.35. The molecule has 1 aromatic rings. The average Bonchev–Trinajstić information content (AvgIpc) is 2.31. The summed E-state index contributed by atoms with van der Waals surface area (Å²) in [6.07, 6.45) is 0.261. The summed E-state index contributed by atoms with van der Waals surface area (Å²) in [5, 5.41) is 6.75. The number of rotatable bonds is 3. The number of nitrogens with one attached hydrogen (secondary N) is 1. The Kier molecular flexibility index (Phi) is 3.08. The molecule has 1 N–H and O–H groups in total. The van der Waals surface area contributed by atoms with Gasteiger partial charge in [-0.15, -0.1) is 0 Å². The van der Waals surface area contributed by atoms with Gasteiger partial charge in [0, 0.05) is 0 Å². The van der Waals surface area contributed by atoms with E-state index in [1.54, 1.807) is 0 Å². The minimum Gasteiger partial charge on any atom is -0.373 e. The maximum Gasteiger partial charge on any atom is 0.128 e. The lowest BCUT2D eigenvalue weighted by molar-refractivity contribution is 0.0636. The summed E-state index contributed by atoms with van der Waals surface area (Å²) in [7, 11) is 0. The van der Waals surface area contributed by atoms with Gasteiger partial charge in [0.25, 0.3) is 0 Å². The third-order valence-electron chi connectivity index (χ3n) is 1.17. The molecule has 0 aromatic carbocycles. The Labute approximate surface area is 74.3 Å². The van der Waals surface area contributed by atoms with Gasteiger partial charge in [0.05, 0.1) is 18.4 Å². The topological polar surface area (TPSA) is 37.9 Å². The van der Waals surface area contributed by atoms with Crippen LogP contribution in [0.15, 0.2) is 10.7 Å². The molecule has 11 heavy (non-hydrogen) atoms. The molecule has 4 heteroatoms. The smallest absolute Gasteiger partial charge is 0.128 e. The van der Waals surface area contributed by atoms with Gasteiger partial charge < -0.3 is 4.74 Å². The van der Waals surface area contributed by atoms with Crippen LogP contribution in [0.25, 0.3) is 0 Å². The number of halogens is 1. The summed E-state index contributed by atoms with van der Waals surface area (Å²) < 4.78 is 6.17. The number of nitrogens with zero attached hydrogens (tertiary/aromatic N) is 1. The standard InChI is InChI=1S/C7H11BrN2O/c1-5(2)11-4-6-3-7(8)10-9-6/h3,5H,4H2,1-2H3,(H,9,10). The molecular weight excluding hydrogens is 208 g/mol. The van der Waals surface area contributed by atoms with Crippen LogP contribution in [0.5, 0.6) is 0 Å². The van der Waals surface area contributed by atoms with Gasteiger partial charge in [-0.1, -0.05) is 0 Å². The lowest BCUT2D eigenvalue weighted by Gasteiger charge is -2.04. The summed E-state index contributed by atoms with van der Waals surface area (Å²) >= 11 is 3.24. The molecule has 0 saturated heterocycles. The number of ether oxygens (including phenoxy) is 1. The lowest BCUT2D eigenvalue weighted by atomic mass is 10.4. The molecule has 0 radical (unpaired) electrons. The molecule has 0 fully saturated rings. The highest BCUT2D eigenvalue weighted by Gasteiger charge is 1.98. The molecule has 3 nitrogen and oxygen atoms in total. The summed E-state index contributed by atoms with van der Waals surface area (Å²) in [4.78, 5) is 0. The average molecular weight is 219 g/mol. The van der Waals surface area contributed by atoms with E-state index >= 15 is 0 Å². The van der Waals surface area contributed by atoms with Crippen molar-refractivity contribution in [2.45, 2.75) is 26.6 Å². The number of aromatic nitrogens is 2. The van der Waals surface area contributed by atoms with Gasteiger partial charge in [-0.05, 0) is 35.8 Å². The van der Waals surface area contributed by atoms with Crippen molar-refractivity contribution in [3.8, 4) is 0 Å². The van der Waals surface area contributed by atoms with Crippen LogP contribution < -0.4 is 0 Å². The number of hydrogen-bond acceptors (Lipinski definition) is 2. The van der Waals surface area contributed by atoms with Crippen molar-refractivity contribution in [3.05, 3.63) is 16.4 Å². The van der Waals surface area contributed by atoms with Crippen LogP contribution >= 0.6 is 15.9 Å². The quantitative estimate of drug-likeness (QED) is 0.845. The van der Waals surface area contributed by atoms with Crippen LogP contribution in [0, 0.1) is 0 Å². The van der Waals surface area contributed by atoms with E-state index in [0.717, 1.165) is 10.3 Å². The molecule has 0 bridgehead atoms. The summed E-state index contributed by atoms with van der Waals surface area (Å²) in [5.74, 6) is 0. The highest BCUT2D eigenvalue weighted by Crippen LogP contribution is 2.07. The van der Waals surface area contributed by atoms with Crippen LogP contribution in [0.2, 0.25) is 0 Å². The zero-order valence-corrected chi connectivity index (χ0v) is 8.18. The van der Waals surface area contributed by atoms with Crippen LogP contribution in [-0.4, -0.2) is 16.3 Å². The van der Waals surface area contributed by atoms with Crippen LogP contribution in [0.3, 0.4) is 0 Å². The Balaban J connectivity index is 2.39. The van der Waals surface area contributed by atoms with Crippen molar-refractivity contribution in [3.63, 3.8) is 0 Å². The Bertz CT molecular complexity index is 222. The SMILES string of the molecule is CC(C)OCc1cc(Br)n[nH]1. The molecular formula is C7H11BrN2O. The molecule has 0 saturated carbocycles. The van der Waals surface area contributed by atoms with E-state index in [9.17, 15) is 0 Å². The maximum atomic E-state index is 5.35. The third-order valence-corrected chi connectivity index (χ3v) is 1.58. The van der Waals surface area contributed by atoms with Crippen LogP contribution in [0.4, 0.5) is 0 Å². The second-order valence-corrected chi connectivity index (χ2v) is 3.39. The van der Waals surface area contributed by atoms with Crippen molar-refractivity contribution in [1.29, 1.82) is 0 Å². The second kappa shape index (κ2) is 3.88. The normalized spacial score (nSPS) is 10.9. The van der Waals surface area contributed by atoms with Gasteiger partial charge in [0.1, 0.15) is 4.60 Å². The molecule has 0 aliphatic heterocycles. The highest BCUT2D eigenvalue weighted by atomic mass is 79.9. The van der Waals surface area contributed by atoms with Crippen molar-refractivity contribution in [2.75, 3.05) is 0 Å². The van der Waals surface area contributed by atoms with Gasteiger partial charge in [0.15, 0.2) is 0 Å². The summed E-state index contributed by atoms with van der Waals surface area (Å²) in [6, 6.07) is 1.91. The first kappa shape index (κ1) is 8.74. The predicted molar refractivity (Wildman–Crippen MR) is 46.2 cm³/mol. The second-order valence-electron chi connectivity index (χ2n) is 2.58. The molecule has 1 aromatic heterocycles. The highest BCUT2D eigenvalue weighted by molar-refractivity contribution is 9.10. The van der Waals surface area contributed by atoms with E-state index < -0.39 is 0 Å². The van der Waals surface area contributed by atoms with Crippen molar-refractivity contribution < 1.29 is 4.74 Å². The van der Waals surface area contributed by atoms with E-state index in [1.807, 2.05) is 19.9 Å². The Morgan fingerprint density at radius 2 is 2.45 bits per heavy atom. The number of aromatic amines is 1. The zero-order valence-electron chi connectivity index (χ0n) is 6.60. The minimum absolute atomic E-state index is 0.261. The van der Waals surface area contributed by atoms with Gasteiger partial charge in [-0.2, -0.15) is 5.10 Å². The first-order chi connectivity index (χ1) is 5.18. The fourth-order valence-corrected chi connectivity index (χ4v) is 1.03. The number of H-pyrrole nitrogens is 1. The summed E-state index contributed by atoms with van der Waals surface area (Å²) in [6.45, 7) is 4.60. The minimum atomic E-state index is 0.261. The molecule has 0 atom stereocenters. The van der Waals surface area contributed by atoms with E-state index in [-0.39, 0.29) is 6.10 Å². The first-order valence-corrected chi connectivity index (χ1v) is 4.29. The van der Waals surface area contributed by atoms with E-state index in [4.69, 9.17) is 4.74 Å². The van der Waals surface area contributed by atoms with Crippen molar-refractivity contribution >= 4 is 15.9 Å². The van der Waals surface area contributed by atoms with Gasteiger partial charge in [0.2, 0.25) is 0 Å². The molecule has 0 spiro atoms. The largest absolute Gasteiger partial charge is 0.373 e. The Hall–Kier alpha value is -0.350. The Morgan fingerprint density at radius 1 is 1.73 bits per heavy atom. The van der Waals surface area contributed by atoms with Crippen molar-refractivity contribution in [2.24, 2.45) is 0 Å². The molecule has 0 aliphatic rings. The molecule has 0 amide bonds. The molecule has 1 rings (SSSR count). The van der Waals surface area contributed by atoms with E-state index in [1.165, 1.54) is 0 Å². The first-order valence-electron chi connectivity index (χ1n) is 3.50. The molecule has 1 heterocycles. The molecule has 0 unspecified atom stereocenters. The van der Waals surface area contributed by atoms with Gasteiger partial charge in [-0.3, -0.25) is 5.10 Å². The van der Waals surface area contributed by atoms with Crippen LogP contribution in [-0.2, 0) is 11.3 Å². The fraction of sp³-hybridized carbons (Fsp3) is 0.571. The van der Waals surface area contributed by atoms with Gasteiger partial charge >= 0.3 is 0 Å². The van der Waals surface area contributed by atoms with Crippen LogP contribution in [0.1, 0.15) is 19.5 Å². The number of hydrogen-bond donors (Lipinski definition) is 1. The molecule has 62 valence electrons. The summed E-state index contributed by atoms with van der Waals surface area (Å²) in [5.41, 5.74) is 0.991. The van der Waals surface area contributed by atoms with Gasteiger partial charge in [-0.25, -0.2) is 0 Å². The third kappa shape index (κ3) is 3.03. The molecule has 0 aliphatic carbocycles. The zero-order chi connectivity index (χ0) is 8.27. The Morgan fingerprint density at radius 3 is 2.91 bits per heavy atom. The van der Waals surface area contributed by atoms with E-state index in [0.29, 0.717) is 6.61 Å². The lowest BCUT2D eigenvalue weighted by Crippen LogP contribution is -2.02.